The van der Waals surface area contributed by atoms with Gasteiger partial charge in [0, 0.05) is 0 Å². The van der Waals surface area contributed by atoms with Crippen molar-refractivity contribution in [1.29, 1.82) is 0 Å². The zero-order chi connectivity index (χ0) is 31.2. The van der Waals surface area contributed by atoms with Gasteiger partial charge in [-0.15, -0.1) is 0 Å². The Hall–Kier alpha value is -4.66. The summed E-state index contributed by atoms with van der Waals surface area (Å²) in [6, 6.07) is 26.9. The number of nitrogens with two attached hydrogens (primary N) is 1. The number of imidazole rings is 1. The number of carbonyl (C=O) groups is 2. The van der Waals surface area contributed by atoms with Crippen molar-refractivity contribution < 1.29 is 39.1 Å². The Morgan fingerprint density at radius 3 is 2.05 bits per heavy atom. The lowest BCUT2D eigenvalue weighted by Gasteiger charge is -2.26. The van der Waals surface area contributed by atoms with Gasteiger partial charge in [-0.2, -0.15) is 0 Å². The average molecular weight is 619 g/mol. The first-order valence-electron chi connectivity index (χ1n) is 13.6. The zero-order valence-corrected chi connectivity index (χ0v) is 24.1. The van der Waals surface area contributed by atoms with Crippen LogP contribution in [-0.4, -0.2) is 67.0 Å². The fraction of sp³-hybridized carbons (Fsp3) is 0.226. The number of aliphatic hydroxyl groups is 3. The topological polar surface area (TPSA) is 170 Å². The smallest absolute Gasteiger partial charge is 0.422 e. The number of thiocarbonyl (C=S) groups is 1. The maximum absolute atomic E-state index is 13.9. The van der Waals surface area contributed by atoms with E-state index in [1.165, 1.54) is 0 Å². The molecule has 0 aliphatic carbocycles. The van der Waals surface area contributed by atoms with E-state index in [1.807, 2.05) is 18.2 Å². The van der Waals surface area contributed by atoms with Gasteiger partial charge in [0.25, 0.3) is 0 Å². The van der Waals surface area contributed by atoms with Crippen LogP contribution in [0, 0.1) is 0 Å². The van der Waals surface area contributed by atoms with Crippen molar-refractivity contribution in [1.82, 2.24) is 9.55 Å². The van der Waals surface area contributed by atoms with E-state index in [2.05, 4.69) is 4.98 Å². The molecule has 0 spiro atoms. The van der Waals surface area contributed by atoms with E-state index in [-0.39, 0.29) is 12.4 Å². The predicted octanol–water partition coefficient (Wildman–Crippen LogP) is 2.83. The lowest BCUT2D eigenvalue weighted by molar-refractivity contribution is -0.0520. The van der Waals surface area contributed by atoms with Gasteiger partial charge in [0.2, 0.25) is 0 Å². The van der Waals surface area contributed by atoms with Crippen LogP contribution in [0.15, 0.2) is 97.3 Å². The van der Waals surface area contributed by atoms with Crippen LogP contribution in [0.1, 0.15) is 39.5 Å². The Bertz CT molecular complexity index is 1550. The first kappa shape index (κ1) is 30.8. The second kappa shape index (κ2) is 13.8. The maximum atomic E-state index is 13.9. The van der Waals surface area contributed by atoms with Crippen molar-refractivity contribution >= 4 is 35.2 Å². The zero-order valence-electron chi connectivity index (χ0n) is 23.2. The number of aromatic nitrogens is 2. The number of ether oxygens (including phenoxy) is 3. The van der Waals surface area contributed by atoms with E-state index in [0.717, 1.165) is 15.8 Å². The predicted molar refractivity (Wildman–Crippen MR) is 161 cm³/mol. The number of amides is 1. The van der Waals surface area contributed by atoms with Crippen molar-refractivity contribution in [2.45, 2.75) is 37.3 Å². The molecule has 1 saturated heterocycles. The molecule has 2 heterocycles. The highest BCUT2D eigenvalue weighted by molar-refractivity contribution is 7.80. The van der Waals surface area contributed by atoms with Gasteiger partial charge in [-0.1, -0.05) is 91.0 Å². The fourth-order valence-electron chi connectivity index (χ4n) is 4.83. The molecular formula is C31H30N4O8S. The third kappa shape index (κ3) is 6.46. The molecule has 44 heavy (non-hydrogen) atoms. The number of benzene rings is 3. The second-order valence-electron chi connectivity index (χ2n) is 9.87. The summed E-state index contributed by atoms with van der Waals surface area (Å²) in [5.74, 6) is -1.28. The van der Waals surface area contributed by atoms with Crippen molar-refractivity contribution in [2.24, 2.45) is 5.73 Å². The lowest BCUT2D eigenvalue weighted by atomic mass is 10.0. The molecule has 5 rings (SSSR count). The molecule has 1 aliphatic heterocycles. The van der Waals surface area contributed by atoms with Crippen LogP contribution in [0.4, 0.5) is 10.6 Å². The Balaban J connectivity index is 1.55. The molecule has 0 bridgehead atoms. The molecule has 0 saturated carbocycles. The molecule has 13 heteroatoms. The molecule has 3 aromatic carbocycles. The summed E-state index contributed by atoms with van der Waals surface area (Å²) >= 11 is 5.21. The van der Waals surface area contributed by atoms with Gasteiger partial charge in [0.1, 0.15) is 24.9 Å². The minimum atomic E-state index is -1.58. The number of esters is 1. The van der Waals surface area contributed by atoms with Gasteiger partial charge in [-0.05, 0) is 28.9 Å². The van der Waals surface area contributed by atoms with Gasteiger partial charge in [-0.3, -0.25) is 4.57 Å². The summed E-state index contributed by atoms with van der Waals surface area (Å²) in [5, 5.41) is 30.3. The molecule has 1 aliphatic rings. The van der Waals surface area contributed by atoms with Gasteiger partial charge >= 0.3 is 12.1 Å². The van der Waals surface area contributed by atoms with Crippen LogP contribution < -0.4 is 10.6 Å². The highest BCUT2D eigenvalue weighted by atomic mass is 32.1. The molecule has 1 fully saturated rings. The van der Waals surface area contributed by atoms with Crippen LogP contribution in [0.3, 0.4) is 0 Å². The molecule has 12 nitrogen and oxygen atoms in total. The van der Waals surface area contributed by atoms with Gasteiger partial charge < -0.3 is 35.3 Å². The quantitative estimate of drug-likeness (QED) is 0.161. The van der Waals surface area contributed by atoms with E-state index < -0.39 is 60.1 Å². The highest BCUT2D eigenvalue weighted by Crippen LogP contribution is 2.36. The molecule has 228 valence electrons. The molecule has 1 amide bonds. The molecule has 4 aromatic rings. The number of aliphatic hydroxyl groups excluding tert-OH is 3. The normalized spacial score (nSPS) is 19.5. The standard InChI is InChI=1S/C31H30N4O8S/c32-30(44)35(31(40)41-17-19-10-4-1-5-11-19)27-23(33-18-34(27)28-25(38)24(37)22(16-36)42-28)29(39)43-26(20-12-6-2-7-13-20)21-14-8-3-9-15-21/h1-15,18,22,24-26,28,36-38H,16-17H2,(H2,32,44)/t22-,24-,25-,28-/m1/s1. The number of hydrogen-bond acceptors (Lipinski definition) is 10. The summed E-state index contributed by atoms with van der Waals surface area (Å²) < 4.78 is 18.2. The Morgan fingerprint density at radius 1 is 0.955 bits per heavy atom. The third-order valence-corrected chi connectivity index (χ3v) is 7.18. The van der Waals surface area contributed by atoms with Gasteiger partial charge in [-0.25, -0.2) is 19.5 Å². The van der Waals surface area contributed by atoms with Crippen molar-refractivity contribution in [3.63, 3.8) is 0 Å². The monoisotopic (exact) mass is 618 g/mol. The van der Waals surface area contributed by atoms with E-state index in [9.17, 15) is 24.9 Å². The number of carbonyl (C=O) groups excluding carboxylic acids is 2. The summed E-state index contributed by atoms with van der Waals surface area (Å²) in [5.41, 5.74) is 7.62. The number of hydrogen-bond donors (Lipinski definition) is 4. The first-order chi connectivity index (χ1) is 21.3. The Morgan fingerprint density at radius 2 is 1.52 bits per heavy atom. The average Bonchev–Trinajstić information content (AvgIpc) is 3.60. The molecule has 0 radical (unpaired) electrons. The maximum Gasteiger partial charge on any atom is 0.422 e. The van der Waals surface area contributed by atoms with Crippen LogP contribution in [0.2, 0.25) is 0 Å². The van der Waals surface area contributed by atoms with Crippen molar-refractivity contribution in [3.8, 4) is 0 Å². The van der Waals surface area contributed by atoms with Crippen LogP contribution in [-0.2, 0) is 20.8 Å². The number of anilines is 1. The number of rotatable bonds is 9. The minimum Gasteiger partial charge on any atom is -0.448 e. The first-order valence-corrected chi connectivity index (χ1v) is 14.0. The highest BCUT2D eigenvalue weighted by Gasteiger charge is 2.46. The summed E-state index contributed by atoms with van der Waals surface area (Å²) in [4.78, 5) is 32.3. The van der Waals surface area contributed by atoms with E-state index in [0.29, 0.717) is 16.7 Å². The molecule has 5 N–H and O–H groups in total. The molecule has 1 aromatic heterocycles. The minimum absolute atomic E-state index is 0.148. The Labute approximate surface area is 257 Å². The number of nitrogens with zero attached hydrogens (tertiary/aromatic N) is 3. The van der Waals surface area contributed by atoms with Crippen molar-refractivity contribution in [3.05, 3.63) is 120 Å². The SMILES string of the molecule is NC(=S)N(C(=O)OCc1ccccc1)c1c(C(=O)OC(c2ccccc2)c2ccccc2)ncn1[C@@H]1O[C@H](CO)[C@@H](O)[C@H]1O. The van der Waals surface area contributed by atoms with E-state index in [4.69, 9.17) is 32.2 Å². The molecule has 0 unspecified atom stereocenters. The lowest BCUT2D eigenvalue weighted by Crippen LogP contribution is -2.44. The largest absolute Gasteiger partial charge is 0.448 e. The summed E-state index contributed by atoms with van der Waals surface area (Å²) in [7, 11) is 0. The van der Waals surface area contributed by atoms with Gasteiger partial charge in [0.05, 0.1) is 12.9 Å². The van der Waals surface area contributed by atoms with Crippen LogP contribution >= 0.6 is 12.2 Å². The molecular weight excluding hydrogens is 588 g/mol. The second-order valence-corrected chi connectivity index (χ2v) is 10.3. The van der Waals surface area contributed by atoms with Gasteiger partial charge in [0.15, 0.2) is 29.0 Å². The summed E-state index contributed by atoms with van der Waals surface area (Å²) in [6.07, 6.45) is -6.43. The van der Waals surface area contributed by atoms with Crippen LogP contribution in [0.25, 0.3) is 0 Å². The summed E-state index contributed by atoms with van der Waals surface area (Å²) in [6.45, 7) is -0.758. The fourth-order valence-corrected chi connectivity index (χ4v) is 4.99. The van der Waals surface area contributed by atoms with Crippen LogP contribution in [0.5, 0.6) is 0 Å². The van der Waals surface area contributed by atoms with E-state index in [1.54, 1.807) is 72.8 Å². The molecule has 4 atom stereocenters. The third-order valence-electron chi connectivity index (χ3n) is 7.00. The van der Waals surface area contributed by atoms with E-state index >= 15 is 0 Å². The Kier molecular flexibility index (Phi) is 9.62. The van der Waals surface area contributed by atoms with Crippen molar-refractivity contribution in [2.75, 3.05) is 11.5 Å².